The van der Waals surface area contributed by atoms with Gasteiger partial charge in [0.25, 0.3) is 0 Å². The number of hydrogen-bond acceptors (Lipinski definition) is 3. The molecule has 0 spiro atoms. The Labute approximate surface area is 117 Å². The summed E-state index contributed by atoms with van der Waals surface area (Å²) in [6.07, 6.45) is 0.259. The molecule has 0 fully saturated rings. The highest BCUT2D eigenvalue weighted by atomic mass is 16.5. The van der Waals surface area contributed by atoms with Crippen molar-refractivity contribution in [3.8, 4) is 5.75 Å². The summed E-state index contributed by atoms with van der Waals surface area (Å²) in [5.41, 5.74) is 1.25. The van der Waals surface area contributed by atoms with E-state index in [4.69, 9.17) is 9.47 Å². The van der Waals surface area contributed by atoms with E-state index in [1.165, 1.54) is 5.56 Å². The van der Waals surface area contributed by atoms with Crippen molar-refractivity contribution in [3.05, 3.63) is 29.8 Å². The van der Waals surface area contributed by atoms with Crippen molar-refractivity contribution in [1.82, 2.24) is 5.32 Å². The Hall–Kier alpha value is -1.06. The van der Waals surface area contributed by atoms with E-state index < -0.39 is 0 Å². The van der Waals surface area contributed by atoms with Crippen LogP contribution in [0.2, 0.25) is 0 Å². The number of ether oxygens (including phenoxy) is 2. The van der Waals surface area contributed by atoms with Crippen molar-refractivity contribution in [3.63, 3.8) is 0 Å². The maximum absolute atomic E-state index is 5.67. The van der Waals surface area contributed by atoms with Crippen molar-refractivity contribution >= 4 is 0 Å². The fourth-order valence-electron chi connectivity index (χ4n) is 1.69. The quantitative estimate of drug-likeness (QED) is 0.695. The van der Waals surface area contributed by atoms with E-state index >= 15 is 0 Å². The summed E-state index contributed by atoms with van der Waals surface area (Å²) in [4.78, 5) is 0. The van der Waals surface area contributed by atoms with Crippen LogP contribution in [0.4, 0.5) is 0 Å². The molecule has 3 heteroatoms. The summed E-state index contributed by atoms with van der Waals surface area (Å²) in [5, 5.41) is 3.43. The van der Waals surface area contributed by atoms with E-state index in [9.17, 15) is 0 Å². The highest BCUT2D eigenvalue weighted by molar-refractivity contribution is 5.28. The Bertz CT molecular complexity index is 350. The lowest BCUT2D eigenvalue weighted by Gasteiger charge is -2.11. The first-order chi connectivity index (χ1) is 9.08. The number of nitrogens with one attached hydrogen (secondary N) is 1. The molecular formula is C16H27NO2. The monoisotopic (exact) mass is 265 g/mol. The molecule has 1 aromatic rings. The molecule has 0 atom stereocenters. The van der Waals surface area contributed by atoms with Gasteiger partial charge in [0.15, 0.2) is 0 Å². The SMILES string of the molecule is CC(C)CNCc1cccc(OCCOC(C)C)c1. The molecule has 0 aliphatic rings. The minimum absolute atomic E-state index is 0.259. The molecule has 19 heavy (non-hydrogen) atoms. The molecule has 3 nitrogen and oxygen atoms in total. The van der Waals surface area contributed by atoms with Crippen molar-refractivity contribution in [2.24, 2.45) is 5.92 Å². The second-order valence-electron chi connectivity index (χ2n) is 5.44. The van der Waals surface area contributed by atoms with Gasteiger partial charge in [-0.2, -0.15) is 0 Å². The molecule has 0 bridgehead atoms. The Morgan fingerprint density at radius 3 is 2.58 bits per heavy atom. The summed E-state index contributed by atoms with van der Waals surface area (Å²) in [5.74, 6) is 1.59. The van der Waals surface area contributed by atoms with Crippen LogP contribution in [0.3, 0.4) is 0 Å². The highest BCUT2D eigenvalue weighted by Gasteiger charge is 1.99. The number of benzene rings is 1. The van der Waals surface area contributed by atoms with Gasteiger partial charge in [-0.25, -0.2) is 0 Å². The zero-order chi connectivity index (χ0) is 14.1. The summed E-state index contributed by atoms with van der Waals surface area (Å²) in [7, 11) is 0. The normalized spacial score (nSPS) is 11.3. The van der Waals surface area contributed by atoms with Gasteiger partial charge < -0.3 is 14.8 Å². The van der Waals surface area contributed by atoms with Crippen molar-refractivity contribution in [2.75, 3.05) is 19.8 Å². The highest BCUT2D eigenvalue weighted by Crippen LogP contribution is 2.13. The molecule has 0 aliphatic heterocycles. The molecule has 0 aromatic heterocycles. The first kappa shape index (κ1) is 16.0. The van der Waals surface area contributed by atoms with E-state index in [1.54, 1.807) is 0 Å². The van der Waals surface area contributed by atoms with Crippen LogP contribution in [0.15, 0.2) is 24.3 Å². The standard InChI is InChI=1S/C16H27NO2/c1-13(2)11-17-12-15-6-5-7-16(10-15)19-9-8-18-14(3)4/h5-7,10,13-14,17H,8-9,11-12H2,1-4H3. The molecule has 0 unspecified atom stereocenters. The lowest BCUT2D eigenvalue weighted by atomic mass is 10.2. The molecule has 1 aromatic carbocycles. The molecule has 0 amide bonds. The molecular weight excluding hydrogens is 238 g/mol. The maximum Gasteiger partial charge on any atom is 0.119 e. The van der Waals surface area contributed by atoms with Crippen LogP contribution in [0.25, 0.3) is 0 Å². The van der Waals surface area contributed by atoms with E-state index in [0.717, 1.165) is 18.8 Å². The second-order valence-corrected chi connectivity index (χ2v) is 5.44. The fraction of sp³-hybridized carbons (Fsp3) is 0.625. The van der Waals surface area contributed by atoms with Crippen LogP contribution >= 0.6 is 0 Å². The molecule has 0 heterocycles. The average Bonchev–Trinajstić information content (AvgIpc) is 2.34. The van der Waals surface area contributed by atoms with Gasteiger partial charge in [-0.15, -0.1) is 0 Å². The third-order valence-electron chi connectivity index (χ3n) is 2.58. The Morgan fingerprint density at radius 1 is 1.11 bits per heavy atom. The molecule has 0 saturated heterocycles. The van der Waals surface area contributed by atoms with E-state index in [1.807, 2.05) is 26.0 Å². The molecule has 1 rings (SSSR count). The largest absolute Gasteiger partial charge is 0.491 e. The minimum atomic E-state index is 0.259. The van der Waals surface area contributed by atoms with Gasteiger partial charge in [-0.1, -0.05) is 26.0 Å². The summed E-state index contributed by atoms with van der Waals surface area (Å²) in [6, 6.07) is 8.22. The second kappa shape index (κ2) is 8.94. The van der Waals surface area contributed by atoms with Gasteiger partial charge in [-0.3, -0.25) is 0 Å². The third kappa shape index (κ3) is 7.85. The van der Waals surface area contributed by atoms with Gasteiger partial charge in [0.1, 0.15) is 12.4 Å². The lowest BCUT2D eigenvalue weighted by molar-refractivity contribution is 0.0552. The molecule has 108 valence electrons. The van der Waals surface area contributed by atoms with Crippen LogP contribution in [0, 0.1) is 5.92 Å². The smallest absolute Gasteiger partial charge is 0.119 e. The van der Waals surface area contributed by atoms with Crippen LogP contribution < -0.4 is 10.1 Å². The summed E-state index contributed by atoms with van der Waals surface area (Å²) >= 11 is 0. The molecule has 0 radical (unpaired) electrons. The van der Waals surface area contributed by atoms with Crippen molar-refractivity contribution in [2.45, 2.75) is 40.3 Å². The van der Waals surface area contributed by atoms with Gasteiger partial charge >= 0.3 is 0 Å². The van der Waals surface area contributed by atoms with Crippen LogP contribution in [0.5, 0.6) is 5.75 Å². The fourth-order valence-corrected chi connectivity index (χ4v) is 1.69. The molecule has 1 N–H and O–H groups in total. The van der Waals surface area contributed by atoms with Gasteiger partial charge in [-0.05, 0) is 44.0 Å². The van der Waals surface area contributed by atoms with E-state index in [-0.39, 0.29) is 6.10 Å². The van der Waals surface area contributed by atoms with Gasteiger partial charge in [0.2, 0.25) is 0 Å². The Morgan fingerprint density at radius 2 is 1.89 bits per heavy atom. The topological polar surface area (TPSA) is 30.5 Å². The van der Waals surface area contributed by atoms with Crippen LogP contribution in [-0.4, -0.2) is 25.9 Å². The predicted molar refractivity (Wildman–Crippen MR) is 79.6 cm³/mol. The van der Waals surface area contributed by atoms with Gasteiger partial charge in [0.05, 0.1) is 12.7 Å². The zero-order valence-electron chi connectivity index (χ0n) is 12.6. The third-order valence-corrected chi connectivity index (χ3v) is 2.58. The predicted octanol–water partition coefficient (Wildman–Crippen LogP) is 3.24. The first-order valence-corrected chi connectivity index (χ1v) is 7.12. The van der Waals surface area contributed by atoms with Crippen molar-refractivity contribution in [1.29, 1.82) is 0 Å². The van der Waals surface area contributed by atoms with Crippen LogP contribution in [-0.2, 0) is 11.3 Å². The summed E-state index contributed by atoms with van der Waals surface area (Å²) in [6.45, 7) is 11.6. The zero-order valence-corrected chi connectivity index (χ0v) is 12.6. The number of hydrogen-bond donors (Lipinski definition) is 1. The Kier molecular flexibility index (Phi) is 7.53. The van der Waals surface area contributed by atoms with Crippen LogP contribution in [0.1, 0.15) is 33.3 Å². The number of rotatable bonds is 9. The first-order valence-electron chi connectivity index (χ1n) is 7.12. The average molecular weight is 265 g/mol. The molecule has 0 aliphatic carbocycles. The van der Waals surface area contributed by atoms with Gasteiger partial charge in [0, 0.05) is 6.54 Å². The Balaban J connectivity index is 2.31. The van der Waals surface area contributed by atoms with E-state index in [0.29, 0.717) is 19.1 Å². The lowest BCUT2D eigenvalue weighted by Crippen LogP contribution is -2.19. The van der Waals surface area contributed by atoms with Crippen molar-refractivity contribution < 1.29 is 9.47 Å². The van der Waals surface area contributed by atoms with E-state index in [2.05, 4.69) is 31.3 Å². The maximum atomic E-state index is 5.67. The summed E-state index contributed by atoms with van der Waals surface area (Å²) < 4.78 is 11.1. The minimum Gasteiger partial charge on any atom is -0.491 e. The molecule has 0 saturated carbocycles.